The highest BCUT2D eigenvalue weighted by Gasteiger charge is 2.09. The Morgan fingerprint density at radius 1 is 0.871 bits per heavy atom. The van der Waals surface area contributed by atoms with Crippen molar-refractivity contribution in [3.05, 3.63) is 83.9 Å². The molecular weight excluding hydrogens is 406 g/mol. The molecule has 0 radical (unpaired) electrons. The molecule has 0 aromatic heterocycles. The minimum absolute atomic E-state index is 0.0541. The minimum Gasteiger partial charge on any atom is -0.427 e. The average Bonchev–Trinajstić information content (AvgIpc) is 2.80. The van der Waals surface area contributed by atoms with E-state index in [0.29, 0.717) is 23.3 Å². The van der Waals surface area contributed by atoms with Crippen LogP contribution in [0.5, 0.6) is 5.75 Å². The van der Waals surface area contributed by atoms with Crippen LogP contribution in [0.1, 0.15) is 48.5 Å². The number of unbranched alkanes of at least 4 members (excludes halogenated alkanes) is 2. The molecule has 0 unspecified atom stereocenters. The molecule has 3 aromatic carbocycles. The Kier molecular flexibility index (Phi) is 8.03. The Morgan fingerprint density at radius 3 is 2.06 bits per heavy atom. The largest absolute Gasteiger partial charge is 0.427 e. The van der Waals surface area contributed by atoms with E-state index in [0.717, 1.165) is 47.0 Å². The summed E-state index contributed by atoms with van der Waals surface area (Å²) < 4.78 is 5.37. The van der Waals surface area contributed by atoms with E-state index in [1.54, 1.807) is 48.5 Å². The second-order valence-electron chi connectivity index (χ2n) is 7.06. The molecule has 0 aliphatic heterocycles. The number of hydrogen-bond acceptors (Lipinski definition) is 5. The summed E-state index contributed by atoms with van der Waals surface area (Å²) >= 11 is 1.14. The van der Waals surface area contributed by atoms with Crippen molar-refractivity contribution < 1.29 is 14.3 Å². The van der Waals surface area contributed by atoms with E-state index in [1.165, 1.54) is 0 Å². The number of ether oxygens (including phenoxy) is 1. The number of rotatable bonds is 8. The zero-order valence-electron chi connectivity index (χ0n) is 17.3. The average molecular weight is 430 g/mol. The standard InChI is InChI=1S/C26H23NO3S/c1-2-3-4-5-25(28)30-23-14-12-21(13-15-23)20-8-10-22(11-9-20)26(29)31-24-16-6-19(18-27)7-17-24/h6-17H,2-5H2,1H3. The van der Waals surface area contributed by atoms with Gasteiger partial charge in [-0.3, -0.25) is 9.59 Å². The van der Waals surface area contributed by atoms with Crippen molar-refractivity contribution in [3.8, 4) is 22.9 Å². The molecule has 0 spiro atoms. The molecule has 0 amide bonds. The van der Waals surface area contributed by atoms with Gasteiger partial charge in [0.1, 0.15) is 5.75 Å². The van der Waals surface area contributed by atoms with E-state index in [9.17, 15) is 9.59 Å². The molecule has 0 bridgehead atoms. The van der Waals surface area contributed by atoms with E-state index >= 15 is 0 Å². The summed E-state index contributed by atoms with van der Waals surface area (Å²) in [6, 6.07) is 23.8. The van der Waals surface area contributed by atoms with Crippen molar-refractivity contribution in [3.63, 3.8) is 0 Å². The smallest absolute Gasteiger partial charge is 0.311 e. The van der Waals surface area contributed by atoms with Crippen molar-refractivity contribution in [2.45, 2.75) is 37.5 Å². The lowest BCUT2D eigenvalue weighted by Gasteiger charge is -2.07. The summed E-state index contributed by atoms with van der Waals surface area (Å²) in [6.45, 7) is 2.10. The zero-order chi connectivity index (χ0) is 22.1. The summed E-state index contributed by atoms with van der Waals surface area (Å²) in [5.41, 5.74) is 3.12. The van der Waals surface area contributed by atoms with Crippen LogP contribution in [-0.4, -0.2) is 11.1 Å². The first-order chi connectivity index (χ1) is 15.1. The molecule has 0 atom stereocenters. The van der Waals surface area contributed by atoms with Crippen LogP contribution in [0, 0.1) is 11.3 Å². The number of nitrogens with zero attached hydrogens (tertiary/aromatic N) is 1. The van der Waals surface area contributed by atoms with Crippen molar-refractivity contribution in [1.29, 1.82) is 5.26 Å². The van der Waals surface area contributed by atoms with Gasteiger partial charge >= 0.3 is 5.97 Å². The summed E-state index contributed by atoms with van der Waals surface area (Å²) in [4.78, 5) is 25.1. The molecule has 0 heterocycles. The van der Waals surface area contributed by atoms with Crippen LogP contribution in [0.4, 0.5) is 0 Å². The highest BCUT2D eigenvalue weighted by atomic mass is 32.2. The number of carbonyl (C=O) groups excluding carboxylic acids is 2. The van der Waals surface area contributed by atoms with Crippen LogP contribution in [0.15, 0.2) is 77.7 Å². The maximum absolute atomic E-state index is 12.5. The van der Waals surface area contributed by atoms with Gasteiger partial charge in [0, 0.05) is 16.9 Å². The molecule has 3 rings (SSSR count). The molecule has 3 aromatic rings. The highest BCUT2D eigenvalue weighted by Crippen LogP contribution is 2.26. The van der Waals surface area contributed by atoms with Gasteiger partial charge in [-0.05, 0) is 77.8 Å². The fraction of sp³-hybridized carbons (Fsp3) is 0.192. The first-order valence-electron chi connectivity index (χ1n) is 10.2. The molecular formula is C26H23NO3S. The third kappa shape index (κ3) is 6.56. The third-order valence-corrected chi connectivity index (χ3v) is 5.65. The van der Waals surface area contributed by atoms with E-state index in [4.69, 9.17) is 10.00 Å². The van der Waals surface area contributed by atoms with Gasteiger partial charge < -0.3 is 4.74 Å². The van der Waals surface area contributed by atoms with Crippen LogP contribution < -0.4 is 4.74 Å². The van der Waals surface area contributed by atoms with Crippen molar-refractivity contribution >= 4 is 22.8 Å². The third-order valence-electron chi connectivity index (χ3n) is 4.72. The molecule has 0 saturated heterocycles. The maximum Gasteiger partial charge on any atom is 0.311 e. The van der Waals surface area contributed by atoms with Crippen LogP contribution >= 0.6 is 11.8 Å². The minimum atomic E-state index is -0.205. The monoisotopic (exact) mass is 429 g/mol. The lowest BCUT2D eigenvalue weighted by atomic mass is 10.0. The van der Waals surface area contributed by atoms with Gasteiger partial charge in [-0.25, -0.2) is 0 Å². The Bertz CT molecular complexity index is 1070. The zero-order valence-corrected chi connectivity index (χ0v) is 18.2. The first kappa shape index (κ1) is 22.3. The Balaban J connectivity index is 1.59. The first-order valence-corrected chi connectivity index (χ1v) is 11.0. The molecule has 5 heteroatoms. The quantitative estimate of drug-likeness (QED) is 0.174. The van der Waals surface area contributed by atoms with Gasteiger partial charge in [0.25, 0.3) is 0 Å². The molecule has 0 aliphatic carbocycles. The van der Waals surface area contributed by atoms with Crippen molar-refractivity contribution in [2.24, 2.45) is 0 Å². The number of nitriles is 1. The van der Waals surface area contributed by atoms with Crippen molar-refractivity contribution in [1.82, 2.24) is 0 Å². The van der Waals surface area contributed by atoms with Gasteiger partial charge in [-0.1, -0.05) is 44.0 Å². The van der Waals surface area contributed by atoms with Crippen LogP contribution in [0.2, 0.25) is 0 Å². The van der Waals surface area contributed by atoms with Gasteiger partial charge in [-0.15, -0.1) is 0 Å². The summed E-state index contributed by atoms with van der Waals surface area (Å²) in [5, 5.41) is 8.80. The second-order valence-corrected chi connectivity index (χ2v) is 8.10. The van der Waals surface area contributed by atoms with Gasteiger partial charge in [0.15, 0.2) is 0 Å². The van der Waals surface area contributed by atoms with Crippen LogP contribution in [0.3, 0.4) is 0 Å². The van der Waals surface area contributed by atoms with E-state index < -0.39 is 0 Å². The van der Waals surface area contributed by atoms with E-state index in [1.807, 2.05) is 24.3 Å². The second kappa shape index (κ2) is 11.1. The Hall–Kier alpha value is -3.36. The molecule has 4 nitrogen and oxygen atoms in total. The summed E-state index contributed by atoms with van der Waals surface area (Å²) in [5.74, 6) is 0.333. The Labute approximate surface area is 186 Å². The fourth-order valence-corrected chi connectivity index (χ4v) is 3.72. The van der Waals surface area contributed by atoms with Gasteiger partial charge in [0.2, 0.25) is 5.12 Å². The number of carbonyl (C=O) groups is 2. The topological polar surface area (TPSA) is 67.2 Å². The molecule has 156 valence electrons. The van der Waals surface area contributed by atoms with E-state index in [-0.39, 0.29) is 11.1 Å². The normalized spacial score (nSPS) is 10.3. The van der Waals surface area contributed by atoms with Gasteiger partial charge in [0.05, 0.1) is 11.6 Å². The van der Waals surface area contributed by atoms with Gasteiger partial charge in [-0.2, -0.15) is 5.26 Å². The van der Waals surface area contributed by atoms with Crippen LogP contribution in [-0.2, 0) is 4.79 Å². The number of thioether (sulfide) groups is 1. The molecule has 0 aliphatic rings. The summed E-state index contributed by atoms with van der Waals surface area (Å²) in [6.07, 6.45) is 3.38. The molecule has 31 heavy (non-hydrogen) atoms. The number of benzene rings is 3. The highest BCUT2D eigenvalue weighted by molar-refractivity contribution is 8.14. The number of esters is 1. The fourth-order valence-electron chi connectivity index (χ4n) is 2.98. The summed E-state index contributed by atoms with van der Waals surface area (Å²) in [7, 11) is 0. The van der Waals surface area contributed by atoms with E-state index in [2.05, 4.69) is 13.0 Å². The van der Waals surface area contributed by atoms with Crippen molar-refractivity contribution in [2.75, 3.05) is 0 Å². The SMILES string of the molecule is CCCCCC(=O)Oc1ccc(-c2ccc(C(=O)Sc3ccc(C#N)cc3)cc2)cc1. The lowest BCUT2D eigenvalue weighted by molar-refractivity contribution is -0.134. The predicted molar refractivity (Wildman–Crippen MR) is 123 cm³/mol. The molecule has 0 fully saturated rings. The molecule has 0 N–H and O–H groups in total. The Morgan fingerprint density at radius 2 is 1.48 bits per heavy atom. The predicted octanol–water partition coefficient (Wildman–Crippen LogP) is 6.64. The maximum atomic E-state index is 12.5. The van der Waals surface area contributed by atoms with Crippen LogP contribution in [0.25, 0.3) is 11.1 Å². The number of hydrogen-bond donors (Lipinski definition) is 0. The lowest BCUT2D eigenvalue weighted by Crippen LogP contribution is -2.07. The molecule has 0 saturated carbocycles.